The van der Waals surface area contributed by atoms with E-state index in [1.54, 1.807) is 18.3 Å². The molecule has 0 saturated carbocycles. The summed E-state index contributed by atoms with van der Waals surface area (Å²) >= 11 is 12.4. The van der Waals surface area contributed by atoms with Crippen molar-refractivity contribution in [3.05, 3.63) is 86.8 Å². The number of hydrogen-bond donors (Lipinski definition) is 1. The summed E-state index contributed by atoms with van der Waals surface area (Å²) in [6.07, 6.45) is 1.66. The summed E-state index contributed by atoms with van der Waals surface area (Å²) < 4.78 is 2.07. The van der Waals surface area contributed by atoms with Crippen LogP contribution in [0.4, 0.5) is 0 Å². The van der Waals surface area contributed by atoms with Crippen LogP contribution in [0.25, 0.3) is 22.4 Å². The molecule has 0 aliphatic rings. The summed E-state index contributed by atoms with van der Waals surface area (Å²) in [6.45, 7) is 0.629. The average Bonchev–Trinajstić information content (AvgIpc) is 2.94. The number of aromatic nitrogens is 3. The molecule has 0 aliphatic heterocycles. The number of imidazole rings is 1. The third-order valence-corrected chi connectivity index (χ3v) is 4.74. The molecule has 0 saturated heterocycles. The van der Waals surface area contributed by atoms with Crippen LogP contribution < -0.4 is 5.56 Å². The first-order valence-electron chi connectivity index (χ1n) is 7.70. The van der Waals surface area contributed by atoms with Crippen molar-refractivity contribution < 1.29 is 0 Å². The third-order valence-electron chi connectivity index (χ3n) is 4.02. The molecule has 0 amide bonds. The van der Waals surface area contributed by atoms with E-state index in [0.717, 1.165) is 28.0 Å². The molecular formula is C19H13Cl2N3O. The van der Waals surface area contributed by atoms with Gasteiger partial charge in [0.25, 0.3) is 0 Å². The lowest BCUT2D eigenvalue weighted by molar-refractivity contribution is 0.833. The number of aromatic amines is 1. The quantitative estimate of drug-likeness (QED) is 0.566. The van der Waals surface area contributed by atoms with Gasteiger partial charge >= 0.3 is 0 Å². The monoisotopic (exact) mass is 369 g/mol. The highest BCUT2D eigenvalue weighted by Gasteiger charge is 2.15. The second-order valence-corrected chi connectivity index (χ2v) is 6.52. The normalized spacial score (nSPS) is 11.1. The van der Waals surface area contributed by atoms with Crippen molar-refractivity contribution in [2.24, 2.45) is 0 Å². The van der Waals surface area contributed by atoms with Crippen molar-refractivity contribution >= 4 is 34.2 Å². The van der Waals surface area contributed by atoms with Crippen molar-refractivity contribution in [2.45, 2.75) is 6.54 Å². The molecule has 0 bridgehead atoms. The Bertz CT molecular complexity index is 1100. The summed E-state index contributed by atoms with van der Waals surface area (Å²) in [5, 5.41) is 0.947. The number of halogens is 2. The maximum Gasteiger partial charge on any atom is 0.247 e. The zero-order chi connectivity index (χ0) is 17.4. The van der Waals surface area contributed by atoms with Gasteiger partial charge < -0.3 is 9.55 Å². The highest BCUT2D eigenvalue weighted by atomic mass is 35.5. The van der Waals surface area contributed by atoms with Gasteiger partial charge in [-0.3, -0.25) is 4.79 Å². The molecule has 4 aromatic rings. The SMILES string of the molecule is O=c1ccc(-c2nc3cc(Cl)c(Cl)cc3n2Cc2ccccc2)c[nH]1. The van der Waals surface area contributed by atoms with Crippen LogP contribution in [0.1, 0.15) is 5.56 Å². The first kappa shape index (κ1) is 15.9. The van der Waals surface area contributed by atoms with Crippen molar-refractivity contribution in [3.8, 4) is 11.4 Å². The molecule has 0 fully saturated rings. The largest absolute Gasteiger partial charge is 0.328 e. The molecule has 2 aromatic heterocycles. The fourth-order valence-electron chi connectivity index (χ4n) is 2.82. The Kier molecular flexibility index (Phi) is 4.07. The van der Waals surface area contributed by atoms with E-state index in [-0.39, 0.29) is 5.56 Å². The van der Waals surface area contributed by atoms with Crippen LogP contribution in [0.3, 0.4) is 0 Å². The van der Waals surface area contributed by atoms with Crippen LogP contribution >= 0.6 is 23.2 Å². The molecule has 4 nitrogen and oxygen atoms in total. The standard InChI is InChI=1S/C19H13Cl2N3O/c20-14-8-16-17(9-15(14)21)24(11-12-4-2-1-3-5-12)19(23-16)13-6-7-18(25)22-10-13/h1-10H,11H2,(H,22,25). The van der Waals surface area contributed by atoms with E-state index in [4.69, 9.17) is 28.2 Å². The number of nitrogens with zero attached hydrogens (tertiary/aromatic N) is 2. The summed E-state index contributed by atoms with van der Waals surface area (Å²) in [6, 6.07) is 16.9. The van der Waals surface area contributed by atoms with Crippen LogP contribution in [0.15, 0.2) is 65.6 Å². The van der Waals surface area contributed by atoms with Crippen LogP contribution in [-0.2, 0) is 6.54 Å². The number of benzene rings is 2. The van der Waals surface area contributed by atoms with E-state index in [9.17, 15) is 4.79 Å². The van der Waals surface area contributed by atoms with Gasteiger partial charge in [-0.1, -0.05) is 53.5 Å². The van der Waals surface area contributed by atoms with Gasteiger partial charge in [0.15, 0.2) is 0 Å². The number of pyridine rings is 1. The topological polar surface area (TPSA) is 50.7 Å². The highest BCUT2D eigenvalue weighted by Crippen LogP contribution is 2.31. The van der Waals surface area contributed by atoms with Gasteiger partial charge in [-0.2, -0.15) is 0 Å². The van der Waals surface area contributed by atoms with Gasteiger partial charge in [-0.25, -0.2) is 4.98 Å². The summed E-state index contributed by atoms with van der Waals surface area (Å²) in [4.78, 5) is 18.8. The lowest BCUT2D eigenvalue weighted by Gasteiger charge is -2.10. The molecule has 0 spiro atoms. The van der Waals surface area contributed by atoms with Gasteiger partial charge in [-0.05, 0) is 23.8 Å². The van der Waals surface area contributed by atoms with E-state index in [0.29, 0.717) is 16.6 Å². The number of rotatable bonds is 3. The van der Waals surface area contributed by atoms with Gasteiger partial charge in [0, 0.05) is 24.4 Å². The fraction of sp³-hybridized carbons (Fsp3) is 0.0526. The Hall–Kier alpha value is -2.56. The molecule has 0 atom stereocenters. The molecule has 2 heterocycles. The molecule has 2 aromatic carbocycles. The lowest BCUT2D eigenvalue weighted by atomic mass is 10.2. The molecule has 25 heavy (non-hydrogen) atoms. The van der Waals surface area contributed by atoms with Gasteiger partial charge in [0.2, 0.25) is 5.56 Å². The molecule has 6 heteroatoms. The Morgan fingerprint density at radius 1 is 1.00 bits per heavy atom. The minimum Gasteiger partial charge on any atom is -0.328 e. The molecule has 0 radical (unpaired) electrons. The Morgan fingerprint density at radius 2 is 1.76 bits per heavy atom. The van der Waals surface area contributed by atoms with Crippen molar-refractivity contribution in [1.29, 1.82) is 0 Å². The highest BCUT2D eigenvalue weighted by molar-refractivity contribution is 6.42. The molecule has 0 aliphatic carbocycles. The molecular weight excluding hydrogens is 357 g/mol. The summed E-state index contributed by atoms with van der Waals surface area (Å²) in [5.74, 6) is 0.744. The number of fused-ring (bicyclic) bond motifs is 1. The van der Waals surface area contributed by atoms with Crippen molar-refractivity contribution in [2.75, 3.05) is 0 Å². The Balaban J connectivity index is 1.95. The number of hydrogen-bond acceptors (Lipinski definition) is 2. The lowest BCUT2D eigenvalue weighted by Crippen LogP contribution is -2.05. The molecule has 1 N–H and O–H groups in total. The second kappa shape index (κ2) is 6.39. The van der Waals surface area contributed by atoms with E-state index in [1.165, 1.54) is 6.07 Å². The van der Waals surface area contributed by atoms with E-state index >= 15 is 0 Å². The Morgan fingerprint density at radius 3 is 2.48 bits per heavy atom. The fourth-order valence-corrected chi connectivity index (χ4v) is 3.13. The van der Waals surface area contributed by atoms with Crippen molar-refractivity contribution in [1.82, 2.24) is 14.5 Å². The first-order valence-corrected chi connectivity index (χ1v) is 8.46. The van der Waals surface area contributed by atoms with E-state index in [2.05, 4.69) is 21.7 Å². The zero-order valence-electron chi connectivity index (χ0n) is 13.0. The van der Waals surface area contributed by atoms with Gasteiger partial charge in [-0.15, -0.1) is 0 Å². The minimum atomic E-state index is -0.152. The first-order chi connectivity index (χ1) is 12.1. The Labute approximate surface area is 153 Å². The van der Waals surface area contributed by atoms with Crippen LogP contribution in [0, 0.1) is 0 Å². The smallest absolute Gasteiger partial charge is 0.247 e. The third kappa shape index (κ3) is 3.06. The predicted molar refractivity (Wildman–Crippen MR) is 101 cm³/mol. The van der Waals surface area contributed by atoms with Crippen LogP contribution in [0.5, 0.6) is 0 Å². The molecule has 4 rings (SSSR count). The maximum absolute atomic E-state index is 11.4. The van der Waals surface area contributed by atoms with Gasteiger partial charge in [0.1, 0.15) is 5.82 Å². The average molecular weight is 370 g/mol. The van der Waals surface area contributed by atoms with E-state index in [1.807, 2.05) is 24.3 Å². The second-order valence-electron chi connectivity index (χ2n) is 5.70. The number of H-pyrrole nitrogens is 1. The maximum atomic E-state index is 11.4. The minimum absolute atomic E-state index is 0.152. The molecule has 124 valence electrons. The van der Waals surface area contributed by atoms with E-state index < -0.39 is 0 Å². The number of nitrogens with one attached hydrogen (secondary N) is 1. The predicted octanol–water partition coefficient (Wildman–Crippen LogP) is 4.75. The van der Waals surface area contributed by atoms with Crippen LogP contribution in [-0.4, -0.2) is 14.5 Å². The summed E-state index contributed by atoms with van der Waals surface area (Å²) in [5.41, 5.74) is 3.45. The summed E-state index contributed by atoms with van der Waals surface area (Å²) in [7, 11) is 0. The zero-order valence-corrected chi connectivity index (χ0v) is 14.6. The van der Waals surface area contributed by atoms with Crippen molar-refractivity contribution in [3.63, 3.8) is 0 Å². The molecule has 0 unspecified atom stereocenters. The van der Waals surface area contributed by atoms with Crippen LogP contribution in [0.2, 0.25) is 10.0 Å². The van der Waals surface area contributed by atoms with Gasteiger partial charge in [0.05, 0.1) is 21.1 Å².